The molecule has 0 aliphatic carbocycles. The molecule has 2 N–H and O–H groups in total. The van der Waals surface area contributed by atoms with Gasteiger partial charge in [-0.25, -0.2) is 4.39 Å². The van der Waals surface area contributed by atoms with Crippen molar-refractivity contribution in [3.63, 3.8) is 0 Å². The second-order valence-electron chi connectivity index (χ2n) is 7.46. The van der Waals surface area contributed by atoms with Crippen molar-refractivity contribution in [3.8, 4) is 17.2 Å². The Bertz CT molecular complexity index is 1450. The van der Waals surface area contributed by atoms with Crippen LogP contribution in [-0.4, -0.2) is 22.4 Å². The van der Waals surface area contributed by atoms with Crippen LogP contribution in [0, 0.1) is 17.1 Å². The van der Waals surface area contributed by atoms with Gasteiger partial charge in [-0.15, -0.1) is 0 Å². The monoisotopic (exact) mass is 443 g/mol. The van der Waals surface area contributed by atoms with Crippen molar-refractivity contribution < 1.29 is 9.18 Å². The van der Waals surface area contributed by atoms with Gasteiger partial charge in [0, 0.05) is 35.6 Å². The van der Waals surface area contributed by atoms with Gasteiger partial charge in [0.1, 0.15) is 17.6 Å². The van der Waals surface area contributed by atoms with Crippen LogP contribution < -0.4 is 10.6 Å². The summed E-state index contributed by atoms with van der Waals surface area (Å²) in [7, 11) is 0. The Labute approximate surface area is 187 Å². The van der Waals surface area contributed by atoms with Crippen molar-refractivity contribution in [1.82, 2.24) is 9.97 Å². The van der Waals surface area contributed by atoms with Crippen LogP contribution in [0.2, 0.25) is 5.02 Å². The lowest BCUT2D eigenvalue weighted by Gasteiger charge is -2.23. The number of carbonyl (C=O) groups is 1. The van der Waals surface area contributed by atoms with Crippen LogP contribution in [0.3, 0.4) is 0 Å². The van der Waals surface area contributed by atoms with Crippen molar-refractivity contribution in [3.05, 3.63) is 82.5 Å². The number of anilines is 2. The number of amides is 1. The van der Waals surface area contributed by atoms with Gasteiger partial charge in [0.15, 0.2) is 0 Å². The zero-order chi connectivity index (χ0) is 22.4. The van der Waals surface area contributed by atoms with E-state index in [1.165, 1.54) is 6.07 Å². The number of benzene rings is 2. The molecule has 3 heterocycles. The summed E-state index contributed by atoms with van der Waals surface area (Å²) in [6.45, 7) is 0.585. The second kappa shape index (κ2) is 7.59. The summed E-state index contributed by atoms with van der Waals surface area (Å²) in [5.41, 5.74) is 10.5. The van der Waals surface area contributed by atoms with Gasteiger partial charge < -0.3 is 10.6 Å². The van der Waals surface area contributed by atoms with Crippen LogP contribution in [0.25, 0.3) is 22.0 Å². The van der Waals surface area contributed by atoms with Gasteiger partial charge in [-0.3, -0.25) is 14.8 Å². The standard InChI is InChI=1S/C24H15ClFN5O/c25-18-9-22-14(8-19(18)26)5-6-31(22)23-16(10-27)12-29-20-3-1-13(7-17(20)23)15-2-4-21(24(28)32)30-11-15/h1-4,7-9,11-12H,5-6H2,(H2,28,32). The van der Waals surface area contributed by atoms with Crippen molar-refractivity contribution in [1.29, 1.82) is 5.26 Å². The Morgan fingerprint density at radius 2 is 1.94 bits per heavy atom. The van der Waals surface area contributed by atoms with Gasteiger partial charge >= 0.3 is 0 Å². The molecule has 0 spiro atoms. The van der Waals surface area contributed by atoms with E-state index in [1.807, 2.05) is 23.1 Å². The fourth-order valence-electron chi connectivity index (χ4n) is 4.06. The SMILES string of the molecule is N#Cc1cnc2ccc(-c3ccc(C(N)=O)nc3)cc2c1N1CCc2cc(F)c(Cl)cc21. The molecule has 0 unspecified atom stereocenters. The topological polar surface area (TPSA) is 95.9 Å². The first-order valence-electron chi connectivity index (χ1n) is 9.81. The Balaban J connectivity index is 1.69. The Morgan fingerprint density at radius 1 is 1.12 bits per heavy atom. The first kappa shape index (κ1) is 19.9. The van der Waals surface area contributed by atoms with Crippen molar-refractivity contribution >= 4 is 39.8 Å². The number of primary amides is 1. The van der Waals surface area contributed by atoms with E-state index in [0.717, 1.165) is 27.8 Å². The number of fused-ring (bicyclic) bond motifs is 2. The lowest BCUT2D eigenvalue weighted by molar-refractivity contribution is 0.0995. The highest BCUT2D eigenvalue weighted by Gasteiger charge is 2.26. The number of aromatic nitrogens is 2. The molecule has 0 saturated heterocycles. The summed E-state index contributed by atoms with van der Waals surface area (Å²) in [6.07, 6.45) is 3.76. The van der Waals surface area contributed by atoms with Gasteiger partial charge in [0.2, 0.25) is 0 Å². The summed E-state index contributed by atoms with van der Waals surface area (Å²) in [5, 5.41) is 10.6. The zero-order valence-corrected chi connectivity index (χ0v) is 17.4. The summed E-state index contributed by atoms with van der Waals surface area (Å²) in [5.74, 6) is -1.05. The third-order valence-corrected chi connectivity index (χ3v) is 5.89. The quantitative estimate of drug-likeness (QED) is 0.492. The molecule has 32 heavy (non-hydrogen) atoms. The second-order valence-corrected chi connectivity index (χ2v) is 7.86. The molecule has 1 amide bonds. The molecule has 0 saturated carbocycles. The minimum absolute atomic E-state index is 0.0359. The van der Waals surface area contributed by atoms with E-state index in [9.17, 15) is 14.4 Å². The van der Waals surface area contributed by atoms with Gasteiger partial charge in [-0.1, -0.05) is 23.7 Å². The van der Waals surface area contributed by atoms with Crippen molar-refractivity contribution in [2.75, 3.05) is 11.4 Å². The average molecular weight is 444 g/mol. The number of halogens is 2. The zero-order valence-electron chi connectivity index (χ0n) is 16.6. The lowest BCUT2D eigenvalue weighted by Crippen LogP contribution is -2.15. The smallest absolute Gasteiger partial charge is 0.267 e. The minimum Gasteiger partial charge on any atom is -0.364 e. The maximum Gasteiger partial charge on any atom is 0.267 e. The van der Waals surface area contributed by atoms with Gasteiger partial charge in [-0.05, 0) is 47.9 Å². The molecular weight excluding hydrogens is 429 g/mol. The van der Waals surface area contributed by atoms with E-state index in [4.69, 9.17) is 17.3 Å². The van der Waals surface area contributed by atoms with Crippen LogP contribution in [0.5, 0.6) is 0 Å². The van der Waals surface area contributed by atoms with Gasteiger partial charge in [-0.2, -0.15) is 5.26 Å². The molecule has 0 fully saturated rings. The molecule has 2 aromatic heterocycles. The van der Waals surface area contributed by atoms with Crippen LogP contribution in [0.4, 0.5) is 15.8 Å². The van der Waals surface area contributed by atoms with E-state index in [1.54, 1.807) is 30.6 Å². The van der Waals surface area contributed by atoms with Crippen LogP contribution >= 0.6 is 11.6 Å². The molecule has 2 aromatic carbocycles. The van der Waals surface area contributed by atoms with Crippen LogP contribution in [-0.2, 0) is 6.42 Å². The predicted octanol–water partition coefficient (Wildman–Crippen LogP) is 4.75. The average Bonchev–Trinajstić information content (AvgIpc) is 3.20. The molecule has 156 valence electrons. The van der Waals surface area contributed by atoms with Crippen molar-refractivity contribution in [2.45, 2.75) is 6.42 Å². The number of carbonyl (C=O) groups excluding carboxylic acids is 1. The van der Waals surface area contributed by atoms with E-state index >= 15 is 0 Å². The molecule has 1 aliphatic rings. The highest BCUT2D eigenvalue weighted by molar-refractivity contribution is 6.31. The molecule has 4 aromatic rings. The molecule has 8 heteroatoms. The molecule has 1 aliphatic heterocycles. The van der Waals surface area contributed by atoms with Gasteiger partial charge in [0.05, 0.1) is 21.8 Å². The maximum absolute atomic E-state index is 14.0. The fourth-order valence-corrected chi connectivity index (χ4v) is 4.21. The van der Waals surface area contributed by atoms with Crippen LogP contribution in [0.15, 0.2) is 54.9 Å². The first-order valence-corrected chi connectivity index (χ1v) is 10.2. The number of nitrogens with zero attached hydrogens (tertiary/aromatic N) is 4. The van der Waals surface area contributed by atoms with Gasteiger partial charge in [0.25, 0.3) is 5.91 Å². The lowest BCUT2D eigenvalue weighted by atomic mass is 10.0. The number of hydrogen-bond acceptors (Lipinski definition) is 5. The highest BCUT2D eigenvalue weighted by Crippen LogP contribution is 2.42. The Kier molecular flexibility index (Phi) is 4.72. The number of nitriles is 1. The summed E-state index contributed by atoms with van der Waals surface area (Å²) < 4.78 is 14.0. The van der Waals surface area contributed by atoms with E-state index in [0.29, 0.717) is 29.7 Å². The Morgan fingerprint density at radius 3 is 2.66 bits per heavy atom. The number of rotatable bonds is 3. The van der Waals surface area contributed by atoms with Crippen molar-refractivity contribution in [2.24, 2.45) is 5.73 Å². The summed E-state index contributed by atoms with van der Waals surface area (Å²) >= 11 is 6.06. The third-order valence-electron chi connectivity index (χ3n) is 5.60. The number of hydrogen-bond donors (Lipinski definition) is 1. The molecule has 5 rings (SSSR count). The maximum atomic E-state index is 14.0. The fraction of sp³-hybridized carbons (Fsp3) is 0.0833. The third kappa shape index (κ3) is 3.22. The normalized spacial score (nSPS) is 12.6. The molecular formula is C24H15ClFN5O. The largest absolute Gasteiger partial charge is 0.364 e. The molecule has 0 radical (unpaired) electrons. The van der Waals surface area contributed by atoms with E-state index in [-0.39, 0.29) is 10.7 Å². The summed E-state index contributed by atoms with van der Waals surface area (Å²) in [4.78, 5) is 21.8. The molecule has 0 atom stereocenters. The highest BCUT2D eigenvalue weighted by atomic mass is 35.5. The molecule has 6 nitrogen and oxygen atoms in total. The number of nitrogens with two attached hydrogens (primary N) is 1. The van der Waals surface area contributed by atoms with E-state index < -0.39 is 11.7 Å². The first-order chi connectivity index (χ1) is 15.5. The Hall–Kier alpha value is -4.02. The number of pyridine rings is 2. The summed E-state index contributed by atoms with van der Waals surface area (Å²) in [6, 6.07) is 14.3. The van der Waals surface area contributed by atoms with E-state index in [2.05, 4.69) is 16.0 Å². The molecule has 0 bridgehead atoms. The predicted molar refractivity (Wildman–Crippen MR) is 120 cm³/mol. The minimum atomic E-state index is -0.594. The van der Waals surface area contributed by atoms with Crippen LogP contribution in [0.1, 0.15) is 21.6 Å².